The van der Waals surface area contributed by atoms with E-state index in [4.69, 9.17) is 5.11 Å². The van der Waals surface area contributed by atoms with Crippen molar-refractivity contribution in [3.8, 4) is 0 Å². The zero-order chi connectivity index (χ0) is 14.5. The molecule has 0 aromatic carbocycles. The molecule has 0 bridgehead atoms. The molecule has 2 atom stereocenters. The van der Waals surface area contributed by atoms with Gasteiger partial charge in [-0.2, -0.15) is 13.2 Å². The Hall–Kier alpha value is -0.340. The van der Waals surface area contributed by atoms with E-state index in [9.17, 15) is 21.6 Å². The minimum atomic E-state index is -4.33. The maximum atomic E-state index is 12.0. The van der Waals surface area contributed by atoms with E-state index in [-0.39, 0.29) is 18.6 Å². The van der Waals surface area contributed by atoms with E-state index in [0.717, 1.165) is 19.3 Å². The van der Waals surface area contributed by atoms with E-state index in [0.29, 0.717) is 6.42 Å². The van der Waals surface area contributed by atoms with Crippen LogP contribution in [0.1, 0.15) is 38.5 Å². The van der Waals surface area contributed by atoms with Gasteiger partial charge in [-0.15, -0.1) is 0 Å². The van der Waals surface area contributed by atoms with Crippen LogP contribution in [0.5, 0.6) is 0 Å². The predicted octanol–water partition coefficient (Wildman–Crippen LogP) is 1.80. The van der Waals surface area contributed by atoms with Gasteiger partial charge < -0.3 is 5.11 Å². The van der Waals surface area contributed by atoms with Crippen LogP contribution in [0.15, 0.2) is 0 Å². The average molecular weight is 303 g/mol. The Morgan fingerprint density at radius 3 is 2.42 bits per heavy atom. The molecule has 1 fully saturated rings. The summed E-state index contributed by atoms with van der Waals surface area (Å²) >= 11 is 0. The molecule has 0 aromatic heterocycles. The summed E-state index contributed by atoms with van der Waals surface area (Å²) in [7, 11) is -3.71. The third kappa shape index (κ3) is 6.58. The molecule has 0 saturated heterocycles. The first-order chi connectivity index (χ1) is 8.73. The van der Waals surface area contributed by atoms with Gasteiger partial charge in [0.1, 0.15) is 0 Å². The molecule has 1 aliphatic carbocycles. The largest absolute Gasteiger partial charge is 0.396 e. The van der Waals surface area contributed by atoms with E-state index >= 15 is 0 Å². The van der Waals surface area contributed by atoms with Crippen molar-refractivity contribution in [1.82, 2.24) is 4.72 Å². The second-order valence-electron chi connectivity index (χ2n) is 4.99. The third-order valence-electron chi connectivity index (χ3n) is 3.35. The number of halogens is 3. The highest BCUT2D eigenvalue weighted by atomic mass is 32.2. The van der Waals surface area contributed by atoms with Crippen LogP contribution in [0.3, 0.4) is 0 Å². The summed E-state index contributed by atoms with van der Waals surface area (Å²) in [5.41, 5.74) is 0. The van der Waals surface area contributed by atoms with Gasteiger partial charge in [0.15, 0.2) is 0 Å². The summed E-state index contributed by atoms with van der Waals surface area (Å²) in [4.78, 5) is 0. The Balaban J connectivity index is 2.44. The maximum Gasteiger partial charge on any atom is 0.389 e. The van der Waals surface area contributed by atoms with Crippen molar-refractivity contribution in [3.63, 3.8) is 0 Å². The molecular weight excluding hydrogens is 283 g/mol. The Bertz CT molecular complexity index is 370. The molecule has 0 aromatic rings. The lowest BCUT2D eigenvalue weighted by Crippen LogP contribution is -2.44. The third-order valence-corrected chi connectivity index (χ3v) is 4.84. The molecule has 2 unspecified atom stereocenters. The van der Waals surface area contributed by atoms with Crippen molar-refractivity contribution in [3.05, 3.63) is 0 Å². The van der Waals surface area contributed by atoms with Gasteiger partial charge in [0, 0.05) is 19.1 Å². The predicted molar refractivity (Wildman–Crippen MR) is 65.0 cm³/mol. The zero-order valence-electron chi connectivity index (χ0n) is 10.6. The molecule has 1 rings (SSSR count). The molecule has 1 saturated carbocycles. The zero-order valence-corrected chi connectivity index (χ0v) is 11.4. The highest BCUT2D eigenvalue weighted by Crippen LogP contribution is 2.25. The molecule has 1 aliphatic rings. The number of hydrogen-bond donors (Lipinski definition) is 2. The fraction of sp³-hybridized carbons (Fsp3) is 1.00. The van der Waals surface area contributed by atoms with Crippen molar-refractivity contribution in [2.75, 3.05) is 12.4 Å². The van der Waals surface area contributed by atoms with Gasteiger partial charge in [0.05, 0.1) is 5.75 Å². The van der Waals surface area contributed by atoms with Crippen molar-refractivity contribution in [2.45, 2.75) is 50.7 Å². The molecule has 0 aliphatic heterocycles. The summed E-state index contributed by atoms with van der Waals surface area (Å²) in [6, 6.07) is -0.352. The van der Waals surface area contributed by atoms with Crippen LogP contribution in [0.25, 0.3) is 0 Å². The SMILES string of the molecule is O=S(=O)(CCCC(F)(F)F)NC1CCCCC1CO. The summed E-state index contributed by atoms with van der Waals surface area (Å²) in [6.07, 6.45) is -2.68. The van der Waals surface area contributed by atoms with Gasteiger partial charge in [-0.05, 0) is 25.2 Å². The molecule has 19 heavy (non-hydrogen) atoms. The summed E-state index contributed by atoms with van der Waals surface area (Å²) in [6.45, 7) is -0.101. The van der Waals surface area contributed by atoms with Gasteiger partial charge >= 0.3 is 6.18 Å². The minimum Gasteiger partial charge on any atom is -0.396 e. The van der Waals surface area contributed by atoms with Crippen LogP contribution in [0.4, 0.5) is 13.2 Å². The molecule has 0 radical (unpaired) electrons. The second-order valence-corrected chi connectivity index (χ2v) is 6.86. The fourth-order valence-corrected chi connectivity index (χ4v) is 3.75. The lowest BCUT2D eigenvalue weighted by Gasteiger charge is -2.30. The Morgan fingerprint density at radius 1 is 1.21 bits per heavy atom. The normalized spacial score (nSPS) is 25.5. The molecule has 8 heteroatoms. The topological polar surface area (TPSA) is 66.4 Å². The average Bonchev–Trinajstić information content (AvgIpc) is 2.27. The van der Waals surface area contributed by atoms with E-state index in [1.807, 2.05) is 0 Å². The number of nitrogens with one attached hydrogen (secondary N) is 1. The molecule has 0 heterocycles. The summed E-state index contributed by atoms with van der Waals surface area (Å²) in [5.74, 6) is -0.660. The molecular formula is C11H20F3NO3S. The highest BCUT2D eigenvalue weighted by Gasteiger charge is 2.30. The van der Waals surface area contributed by atoms with Gasteiger partial charge in [0.2, 0.25) is 10.0 Å². The van der Waals surface area contributed by atoms with Crippen molar-refractivity contribution >= 4 is 10.0 Å². The highest BCUT2D eigenvalue weighted by molar-refractivity contribution is 7.89. The molecule has 0 spiro atoms. The Labute approximate surface area is 111 Å². The van der Waals surface area contributed by atoms with Crippen LogP contribution >= 0.6 is 0 Å². The Kier molecular flexibility index (Phi) is 6.07. The van der Waals surface area contributed by atoms with E-state index in [2.05, 4.69) is 4.72 Å². The monoisotopic (exact) mass is 303 g/mol. The minimum absolute atomic E-state index is 0.101. The van der Waals surface area contributed by atoms with Gasteiger partial charge in [-0.1, -0.05) is 12.8 Å². The maximum absolute atomic E-state index is 12.0. The lowest BCUT2D eigenvalue weighted by molar-refractivity contribution is -0.134. The number of rotatable bonds is 6. The van der Waals surface area contributed by atoms with Crippen molar-refractivity contribution in [1.29, 1.82) is 0 Å². The van der Waals surface area contributed by atoms with E-state index < -0.39 is 34.8 Å². The van der Waals surface area contributed by atoms with E-state index in [1.54, 1.807) is 0 Å². The number of aliphatic hydroxyl groups is 1. The van der Waals surface area contributed by atoms with Gasteiger partial charge in [0.25, 0.3) is 0 Å². The lowest BCUT2D eigenvalue weighted by atomic mass is 9.86. The van der Waals surface area contributed by atoms with Crippen LogP contribution in [0, 0.1) is 5.92 Å². The second kappa shape index (κ2) is 6.90. The van der Waals surface area contributed by atoms with Crippen LogP contribution < -0.4 is 4.72 Å². The number of alkyl halides is 3. The first-order valence-corrected chi connectivity index (χ1v) is 8.06. The quantitative estimate of drug-likeness (QED) is 0.786. The Morgan fingerprint density at radius 2 is 1.84 bits per heavy atom. The number of sulfonamides is 1. The fourth-order valence-electron chi connectivity index (χ4n) is 2.33. The molecule has 0 amide bonds. The molecule has 114 valence electrons. The smallest absolute Gasteiger partial charge is 0.389 e. The standard InChI is InChI=1S/C11H20F3NO3S/c12-11(13,14)6-3-7-19(17,18)15-10-5-2-1-4-9(10)8-16/h9-10,15-16H,1-8H2. The van der Waals surface area contributed by atoms with Gasteiger partial charge in [-0.3, -0.25) is 0 Å². The number of hydrogen-bond acceptors (Lipinski definition) is 3. The van der Waals surface area contributed by atoms with E-state index in [1.165, 1.54) is 0 Å². The van der Waals surface area contributed by atoms with Crippen molar-refractivity contribution < 1.29 is 26.7 Å². The molecule has 2 N–H and O–H groups in total. The number of aliphatic hydroxyl groups excluding tert-OH is 1. The van der Waals surface area contributed by atoms with Crippen LogP contribution in [0.2, 0.25) is 0 Å². The van der Waals surface area contributed by atoms with Crippen LogP contribution in [-0.2, 0) is 10.0 Å². The van der Waals surface area contributed by atoms with Gasteiger partial charge in [-0.25, -0.2) is 13.1 Å². The van der Waals surface area contributed by atoms with Crippen LogP contribution in [-0.4, -0.2) is 38.1 Å². The summed E-state index contributed by atoms with van der Waals surface area (Å²) < 4.78 is 61.7. The summed E-state index contributed by atoms with van der Waals surface area (Å²) in [5, 5.41) is 9.16. The van der Waals surface area contributed by atoms with Crippen molar-refractivity contribution in [2.24, 2.45) is 5.92 Å². The first-order valence-electron chi connectivity index (χ1n) is 6.41. The molecule has 4 nitrogen and oxygen atoms in total. The first kappa shape index (κ1) is 16.7.